The molecule has 0 saturated heterocycles. The lowest BCUT2D eigenvalue weighted by Crippen LogP contribution is -2.00. The highest BCUT2D eigenvalue weighted by Crippen LogP contribution is 2.42. The van der Waals surface area contributed by atoms with Crippen LogP contribution < -0.4 is 0 Å². The molecule has 10 rings (SSSR count). The normalized spacial score (nSPS) is 11.6. The quantitative estimate of drug-likeness (QED) is 0.187. The Morgan fingerprint density at radius 2 is 0.800 bits per heavy atom. The summed E-state index contributed by atoms with van der Waals surface area (Å²) in [5.41, 5.74) is 10.5. The minimum absolute atomic E-state index is 0.589. The topological polar surface area (TPSA) is 65.0 Å². The SMILES string of the molecule is c1ccc(-c2nc(-c3ccccc3)nc(-c3ccc4c(c3)oc3cccc(-c5ccccc5-c5ccc6c(c5)oc5ccccc56)c34)n2)cc1. The zero-order valence-corrected chi connectivity index (χ0v) is 26.7. The fraction of sp³-hybridized carbons (Fsp3) is 0. The highest BCUT2D eigenvalue weighted by Gasteiger charge is 2.18. The number of benzene rings is 7. The van der Waals surface area contributed by atoms with E-state index in [1.807, 2.05) is 91.0 Å². The smallest absolute Gasteiger partial charge is 0.164 e. The summed E-state index contributed by atoms with van der Waals surface area (Å²) < 4.78 is 12.8. The van der Waals surface area contributed by atoms with Gasteiger partial charge in [0, 0.05) is 38.2 Å². The lowest BCUT2D eigenvalue weighted by atomic mass is 9.91. The molecule has 234 valence electrons. The summed E-state index contributed by atoms with van der Waals surface area (Å²) in [7, 11) is 0. The Hall–Kier alpha value is -6.85. The van der Waals surface area contributed by atoms with Gasteiger partial charge < -0.3 is 8.83 Å². The number of furan rings is 2. The molecule has 0 bridgehead atoms. The number of hydrogen-bond donors (Lipinski definition) is 0. The molecular weight excluding hydrogens is 615 g/mol. The summed E-state index contributed by atoms with van der Waals surface area (Å²) in [5.74, 6) is 1.84. The molecule has 0 aliphatic carbocycles. The van der Waals surface area contributed by atoms with E-state index in [4.69, 9.17) is 23.8 Å². The van der Waals surface area contributed by atoms with Crippen molar-refractivity contribution >= 4 is 43.9 Å². The lowest BCUT2D eigenvalue weighted by molar-refractivity contribution is 0.668. The maximum absolute atomic E-state index is 6.56. The van der Waals surface area contributed by atoms with Gasteiger partial charge >= 0.3 is 0 Å². The molecule has 0 radical (unpaired) electrons. The van der Waals surface area contributed by atoms with Crippen LogP contribution in [0.2, 0.25) is 0 Å². The summed E-state index contributed by atoms with van der Waals surface area (Å²) in [6, 6.07) is 55.8. The van der Waals surface area contributed by atoms with Gasteiger partial charge in [0.15, 0.2) is 17.5 Å². The van der Waals surface area contributed by atoms with Gasteiger partial charge in [-0.15, -0.1) is 0 Å². The van der Waals surface area contributed by atoms with Gasteiger partial charge in [-0.25, -0.2) is 15.0 Å². The van der Waals surface area contributed by atoms with Crippen LogP contribution in [0.25, 0.3) is 100 Å². The highest BCUT2D eigenvalue weighted by atomic mass is 16.3. The van der Waals surface area contributed by atoms with E-state index in [9.17, 15) is 0 Å². The largest absolute Gasteiger partial charge is 0.456 e. The zero-order valence-electron chi connectivity index (χ0n) is 26.7. The second kappa shape index (κ2) is 11.4. The first-order valence-corrected chi connectivity index (χ1v) is 16.6. The van der Waals surface area contributed by atoms with Gasteiger partial charge in [-0.05, 0) is 58.7 Å². The van der Waals surface area contributed by atoms with E-state index in [0.717, 1.165) is 82.8 Å². The third kappa shape index (κ3) is 4.67. The summed E-state index contributed by atoms with van der Waals surface area (Å²) >= 11 is 0. The Balaban J connectivity index is 1.11. The van der Waals surface area contributed by atoms with E-state index < -0.39 is 0 Å². The first-order chi connectivity index (χ1) is 24.8. The zero-order chi connectivity index (χ0) is 33.0. The molecule has 0 fully saturated rings. The average Bonchev–Trinajstić information content (AvgIpc) is 3.76. The van der Waals surface area contributed by atoms with Crippen molar-refractivity contribution < 1.29 is 8.83 Å². The minimum Gasteiger partial charge on any atom is -0.456 e. The molecule has 3 heterocycles. The lowest BCUT2D eigenvalue weighted by Gasteiger charge is -2.11. The van der Waals surface area contributed by atoms with Crippen molar-refractivity contribution in [1.82, 2.24) is 15.0 Å². The van der Waals surface area contributed by atoms with Crippen molar-refractivity contribution in [3.63, 3.8) is 0 Å². The first-order valence-electron chi connectivity index (χ1n) is 16.6. The Labute approximate surface area is 287 Å². The Kier molecular flexibility index (Phi) is 6.42. The standard InChI is InChI=1S/C45H27N3O2/c1-3-12-28(13-4-1)43-46-44(29-14-5-2-6-15-29)48-45(47-43)31-23-25-37-41(27-31)50-39-21-11-19-36(42(37)39)33-17-8-7-16-32(33)30-22-24-35-34-18-9-10-20-38(34)49-40(35)26-30/h1-27H. The highest BCUT2D eigenvalue weighted by molar-refractivity contribution is 6.14. The summed E-state index contributed by atoms with van der Waals surface area (Å²) in [5, 5.41) is 4.34. The molecule has 0 aliphatic heterocycles. The number of aromatic nitrogens is 3. The molecule has 0 amide bonds. The van der Waals surface area contributed by atoms with Crippen LogP contribution in [0.5, 0.6) is 0 Å². The van der Waals surface area contributed by atoms with Gasteiger partial charge in [0.05, 0.1) is 0 Å². The van der Waals surface area contributed by atoms with Crippen LogP contribution in [0.4, 0.5) is 0 Å². The molecule has 10 aromatic rings. The van der Waals surface area contributed by atoms with Crippen molar-refractivity contribution in [3.8, 4) is 56.4 Å². The average molecular weight is 642 g/mol. The number of fused-ring (bicyclic) bond motifs is 6. The maximum atomic E-state index is 6.56. The second-order valence-corrected chi connectivity index (χ2v) is 12.4. The second-order valence-electron chi connectivity index (χ2n) is 12.4. The molecule has 0 spiro atoms. The molecule has 50 heavy (non-hydrogen) atoms. The van der Waals surface area contributed by atoms with Gasteiger partial charge in [0.25, 0.3) is 0 Å². The molecule has 0 atom stereocenters. The molecule has 3 aromatic heterocycles. The van der Waals surface area contributed by atoms with Gasteiger partial charge in [-0.3, -0.25) is 0 Å². The molecule has 7 aromatic carbocycles. The van der Waals surface area contributed by atoms with Crippen LogP contribution >= 0.6 is 0 Å². The molecule has 5 nitrogen and oxygen atoms in total. The summed E-state index contributed by atoms with van der Waals surface area (Å²) in [6.45, 7) is 0. The third-order valence-corrected chi connectivity index (χ3v) is 9.36. The molecule has 0 unspecified atom stereocenters. The summed E-state index contributed by atoms with van der Waals surface area (Å²) in [6.07, 6.45) is 0. The molecule has 0 aliphatic rings. The summed E-state index contributed by atoms with van der Waals surface area (Å²) in [4.78, 5) is 14.7. The van der Waals surface area contributed by atoms with E-state index in [1.54, 1.807) is 0 Å². The van der Waals surface area contributed by atoms with E-state index >= 15 is 0 Å². The van der Waals surface area contributed by atoms with Crippen LogP contribution in [0.15, 0.2) is 173 Å². The fourth-order valence-electron chi connectivity index (χ4n) is 6.99. The molecule has 0 N–H and O–H groups in total. The number of hydrogen-bond acceptors (Lipinski definition) is 5. The van der Waals surface area contributed by atoms with E-state index in [1.165, 1.54) is 0 Å². The van der Waals surface area contributed by atoms with E-state index in [0.29, 0.717) is 17.5 Å². The maximum Gasteiger partial charge on any atom is 0.164 e. The molecule has 5 heteroatoms. The number of nitrogens with zero attached hydrogens (tertiary/aromatic N) is 3. The van der Waals surface area contributed by atoms with Crippen LogP contribution in [0.3, 0.4) is 0 Å². The van der Waals surface area contributed by atoms with E-state index in [2.05, 4.69) is 72.8 Å². The van der Waals surface area contributed by atoms with Crippen molar-refractivity contribution in [2.45, 2.75) is 0 Å². The van der Waals surface area contributed by atoms with Gasteiger partial charge in [0.1, 0.15) is 22.3 Å². The Bertz CT molecular complexity index is 2810. The predicted octanol–water partition coefficient (Wildman–Crippen LogP) is 12.0. The van der Waals surface area contributed by atoms with Crippen LogP contribution in [-0.4, -0.2) is 15.0 Å². The van der Waals surface area contributed by atoms with Crippen molar-refractivity contribution in [2.24, 2.45) is 0 Å². The van der Waals surface area contributed by atoms with Crippen molar-refractivity contribution in [1.29, 1.82) is 0 Å². The third-order valence-electron chi connectivity index (χ3n) is 9.36. The van der Waals surface area contributed by atoms with Gasteiger partial charge in [0.2, 0.25) is 0 Å². The van der Waals surface area contributed by atoms with Crippen LogP contribution in [0.1, 0.15) is 0 Å². The number of rotatable bonds is 5. The van der Waals surface area contributed by atoms with E-state index in [-0.39, 0.29) is 0 Å². The van der Waals surface area contributed by atoms with Crippen LogP contribution in [-0.2, 0) is 0 Å². The predicted molar refractivity (Wildman–Crippen MR) is 202 cm³/mol. The van der Waals surface area contributed by atoms with Crippen LogP contribution in [0, 0.1) is 0 Å². The number of para-hydroxylation sites is 1. The monoisotopic (exact) mass is 641 g/mol. The van der Waals surface area contributed by atoms with Gasteiger partial charge in [-0.2, -0.15) is 0 Å². The Morgan fingerprint density at radius 3 is 1.56 bits per heavy atom. The fourth-order valence-corrected chi connectivity index (χ4v) is 6.99. The first kappa shape index (κ1) is 28.2. The Morgan fingerprint density at radius 1 is 0.300 bits per heavy atom. The minimum atomic E-state index is 0.589. The molecule has 0 saturated carbocycles. The van der Waals surface area contributed by atoms with Crippen molar-refractivity contribution in [3.05, 3.63) is 164 Å². The van der Waals surface area contributed by atoms with Crippen molar-refractivity contribution in [2.75, 3.05) is 0 Å². The molecular formula is C45H27N3O2. The van der Waals surface area contributed by atoms with Gasteiger partial charge in [-0.1, -0.05) is 127 Å².